The fourth-order valence-electron chi connectivity index (χ4n) is 3.68. The third kappa shape index (κ3) is 2.96. The van der Waals surface area contributed by atoms with Gasteiger partial charge in [0.05, 0.1) is 21.8 Å². The van der Waals surface area contributed by atoms with Crippen LogP contribution in [-0.4, -0.2) is 19.9 Å². The number of H-pyrrole nitrogens is 1. The molecular formula is C24H16ClN3O2. The molecule has 2 aromatic heterocycles. The van der Waals surface area contributed by atoms with Gasteiger partial charge in [0.15, 0.2) is 0 Å². The van der Waals surface area contributed by atoms with E-state index in [2.05, 4.69) is 10.1 Å². The third-order valence-electron chi connectivity index (χ3n) is 5.10. The molecule has 0 unspecified atom stereocenters. The molecule has 0 saturated heterocycles. The van der Waals surface area contributed by atoms with Crippen LogP contribution in [0, 0.1) is 0 Å². The predicted octanol–water partition coefficient (Wildman–Crippen LogP) is 5.41. The summed E-state index contributed by atoms with van der Waals surface area (Å²) in [5.74, 6) is -0.0639. The molecule has 2 heterocycles. The zero-order valence-corrected chi connectivity index (χ0v) is 16.5. The van der Waals surface area contributed by atoms with Crippen LogP contribution in [0.2, 0.25) is 5.02 Å². The summed E-state index contributed by atoms with van der Waals surface area (Å²) in [6, 6.07) is 22.1. The molecule has 146 valence electrons. The van der Waals surface area contributed by atoms with Gasteiger partial charge >= 0.3 is 0 Å². The Morgan fingerprint density at radius 3 is 2.30 bits per heavy atom. The topological polar surface area (TPSA) is 70.9 Å². The maximum atomic E-state index is 12.9. The van der Waals surface area contributed by atoms with Crippen molar-refractivity contribution in [3.63, 3.8) is 0 Å². The van der Waals surface area contributed by atoms with E-state index in [0.717, 1.165) is 11.3 Å². The Labute approximate surface area is 176 Å². The van der Waals surface area contributed by atoms with Crippen LogP contribution in [0.5, 0.6) is 5.75 Å². The van der Waals surface area contributed by atoms with Crippen molar-refractivity contribution in [2.45, 2.75) is 0 Å². The van der Waals surface area contributed by atoms with E-state index >= 15 is 0 Å². The van der Waals surface area contributed by atoms with Crippen molar-refractivity contribution in [2.75, 3.05) is 0 Å². The summed E-state index contributed by atoms with van der Waals surface area (Å²) in [7, 11) is 0. The van der Waals surface area contributed by atoms with Gasteiger partial charge in [0, 0.05) is 23.3 Å². The SMILES string of the molecule is O=c1[nH]c2c(-c3ccc(-n4cccn4)cc3)c(Cl)ccc2c(O)c1-c1ccccc1. The lowest BCUT2D eigenvalue weighted by Gasteiger charge is -2.13. The van der Waals surface area contributed by atoms with Crippen LogP contribution in [-0.2, 0) is 0 Å². The van der Waals surface area contributed by atoms with E-state index in [9.17, 15) is 9.90 Å². The highest BCUT2D eigenvalue weighted by Gasteiger charge is 2.18. The number of hydrogen-bond acceptors (Lipinski definition) is 3. The maximum absolute atomic E-state index is 12.9. The summed E-state index contributed by atoms with van der Waals surface area (Å²) in [5, 5.41) is 16.2. The Morgan fingerprint density at radius 2 is 1.60 bits per heavy atom. The molecule has 0 saturated carbocycles. The minimum Gasteiger partial charge on any atom is -0.506 e. The highest BCUT2D eigenvalue weighted by atomic mass is 35.5. The standard InChI is InChI=1S/C24H16ClN3O2/c25-19-12-11-18-22(27-24(30)21(23(18)29)15-5-2-1-3-6-15)20(19)16-7-9-17(10-8-16)28-14-4-13-26-28/h1-14H,(H2,27,29,30). The van der Waals surface area contributed by atoms with Crippen molar-refractivity contribution in [2.24, 2.45) is 0 Å². The van der Waals surface area contributed by atoms with Gasteiger partial charge in [-0.25, -0.2) is 4.68 Å². The second kappa shape index (κ2) is 7.21. The van der Waals surface area contributed by atoms with Crippen molar-refractivity contribution in [3.05, 3.63) is 101 Å². The summed E-state index contributed by atoms with van der Waals surface area (Å²) in [5.41, 5.74) is 3.41. The zero-order valence-electron chi connectivity index (χ0n) is 15.7. The molecule has 0 fully saturated rings. The number of fused-ring (bicyclic) bond motifs is 1. The Kier molecular flexibility index (Phi) is 4.38. The number of hydrogen-bond donors (Lipinski definition) is 2. The molecule has 0 aliphatic rings. The first kappa shape index (κ1) is 18.2. The van der Waals surface area contributed by atoms with Gasteiger partial charge in [-0.3, -0.25) is 4.79 Å². The number of aromatic amines is 1. The van der Waals surface area contributed by atoms with E-state index in [1.807, 2.05) is 54.7 Å². The Morgan fingerprint density at radius 1 is 0.867 bits per heavy atom. The van der Waals surface area contributed by atoms with Gasteiger partial charge in [-0.05, 0) is 41.5 Å². The number of halogens is 1. The van der Waals surface area contributed by atoms with E-state index in [0.29, 0.717) is 27.1 Å². The van der Waals surface area contributed by atoms with Gasteiger partial charge in [-0.2, -0.15) is 5.10 Å². The number of rotatable bonds is 3. The van der Waals surface area contributed by atoms with Crippen LogP contribution >= 0.6 is 11.6 Å². The number of aromatic hydroxyl groups is 1. The third-order valence-corrected chi connectivity index (χ3v) is 5.41. The second-order valence-corrected chi connectivity index (χ2v) is 7.29. The van der Waals surface area contributed by atoms with Gasteiger partial charge < -0.3 is 10.1 Å². The molecule has 5 nitrogen and oxygen atoms in total. The number of nitrogens with zero attached hydrogens (tertiary/aromatic N) is 2. The molecule has 0 radical (unpaired) electrons. The van der Waals surface area contributed by atoms with Crippen LogP contribution in [0.15, 0.2) is 90.0 Å². The normalized spacial score (nSPS) is 11.1. The summed E-state index contributed by atoms with van der Waals surface area (Å²) in [4.78, 5) is 15.8. The van der Waals surface area contributed by atoms with Gasteiger partial charge in [-0.15, -0.1) is 0 Å². The van der Waals surface area contributed by atoms with Crippen molar-refractivity contribution < 1.29 is 5.11 Å². The lowest BCUT2D eigenvalue weighted by molar-refractivity contribution is 0.482. The van der Waals surface area contributed by atoms with E-state index in [-0.39, 0.29) is 16.9 Å². The largest absolute Gasteiger partial charge is 0.506 e. The number of benzene rings is 3. The molecule has 3 aromatic carbocycles. The molecule has 5 aromatic rings. The minimum absolute atomic E-state index is 0.0639. The Balaban J connectivity index is 1.71. The summed E-state index contributed by atoms with van der Waals surface area (Å²) < 4.78 is 1.76. The van der Waals surface area contributed by atoms with Crippen LogP contribution in [0.3, 0.4) is 0 Å². The lowest BCUT2D eigenvalue weighted by Crippen LogP contribution is -2.10. The molecule has 0 aliphatic carbocycles. The van der Waals surface area contributed by atoms with E-state index < -0.39 is 0 Å². The number of nitrogens with one attached hydrogen (secondary N) is 1. The average molecular weight is 414 g/mol. The number of aromatic nitrogens is 3. The quantitative estimate of drug-likeness (QED) is 0.415. The van der Waals surface area contributed by atoms with E-state index in [4.69, 9.17) is 11.6 Å². The van der Waals surface area contributed by atoms with Crippen LogP contribution < -0.4 is 5.56 Å². The highest BCUT2D eigenvalue weighted by Crippen LogP contribution is 2.39. The monoisotopic (exact) mass is 413 g/mol. The average Bonchev–Trinajstić information content (AvgIpc) is 3.30. The molecule has 30 heavy (non-hydrogen) atoms. The molecular weight excluding hydrogens is 398 g/mol. The lowest BCUT2D eigenvalue weighted by atomic mass is 9.98. The number of pyridine rings is 1. The first-order valence-corrected chi connectivity index (χ1v) is 9.74. The van der Waals surface area contributed by atoms with E-state index in [1.165, 1.54) is 0 Å². The van der Waals surface area contributed by atoms with Gasteiger partial charge in [0.25, 0.3) is 5.56 Å². The molecule has 6 heteroatoms. The fourth-order valence-corrected chi connectivity index (χ4v) is 3.95. The van der Waals surface area contributed by atoms with Gasteiger partial charge in [-0.1, -0.05) is 54.1 Å². The fraction of sp³-hybridized carbons (Fsp3) is 0. The Hall–Kier alpha value is -3.83. The smallest absolute Gasteiger partial charge is 0.260 e. The summed E-state index contributed by atoms with van der Waals surface area (Å²) in [6.45, 7) is 0. The van der Waals surface area contributed by atoms with Crippen LogP contribution in [0.1, 0.15) is 0 Å². The van der Waals surface area contributed by atoms with Crippen LogP contribution in [0.4, 0.5) is 0 Å². The molecule has 2 N–H and O–H groups in total. The molecule has 0 aliphatic heterocycles. The maximum Gasteiger partial charge on any atom is 0.260 e. The summed E-state index contributed by atoms with van der Waals surface area (Å²) in [6.07, 6.45) is 3.58. The first-order chi connectivity index (χ1) is 14.6. The summed E-state index contributed by atoms with van der Waals surface area (Å²) >= 11 is 6.52. The molecule has 0 amide bonds. The minimum atomic E-state index is -0.372. The molecule has 5 rings (SSSR count). The van der Waals surface area contributed by atoms with Crippen molar-refractivity contribution in [3.8, 4) is 33.7 Å². The predicted molar refractivity (Wildman–Crippen MR) is 119 cm³/mol. The zero-order chi connectivity index (χ0) is 20.7. The van der Waals surface area contributed by atoms with Gasteiger partial charge in [0.1, 0.15) is 5.75 Å². The molecule has 0 atom stereocenters. The second-order valence-electron chi connectivity index (χ2n) is 6.89. The molecule has 0 bridgehead atoms. The highest BCUT2D eigenvalue weighted by molar-refractivity contribution is 6.35. The first-order valence-electron chi connectivity index (χ1n) is 9.37. The van der Waals surface area contributed by atoms with Crippen molar-refractivity contribution in [1.29, 1.82) is 0 Å². The van der Waals surface area contributed by atoms with Gasteiger partial charge in [0.2, 0.25) is 0 Å². The van der Waals surface area contributed by atoms with Crippen molar-refractivity contribution >= 4 is 22.5 Å². The van der Waals surface area contributed by atoms with Crippen LogP contribution in [0.25, 0.3) is 38.8 Å². The Bertz CT molecular complexity index is 1410. The van der Waals surface area contributed by atoms with E-state index in [1.54, 1.807) is 35.1 Å². The van der Waals surface area contributed by atoms with Crippen molar-refractivity contribution in [1.82, 2.24) is 14.8 Å². The molecule has 0 spiro atoms.